The van der Waals surface area contributed by atoms with Crippen LogP contribution in [-0.2, 0) is 14.9 Å². The predicted octanol–water partition coefficient (Wildman–Crippen LogP) is 4.70. The summed E-state index contributed by atoms with van der Waals surface area (Å²) in [5, 5.41) is 13.8. The van der Waals surface area contributed by atoms with Crippen molar-refractivity contribution in [1.29, 1.82) is 0 Å². The Morgan fingerprint density at radius 2 is 2.00 bits per heavy atom. The van der Waals surface area contributed by atoms with E-state index in [1.807, 2.05) is 13.8 Å². The quantitative estimate of drug-likeness (QED) is 0.482. The van der Waals surface area contributed by atoms with E-state index in [-0.39, 0.29) is 40.2 Å². The number of hydrogen-bond donors (Lipinski definition) is 2. The maximum atomic E-state index is 15.3. The number of benzene rings is 1. The van der Waals surface area contributed by atoms with Crippen molar-refractivity contribution >= 4 is 28.6 Å². The number of ether oxygens (including phenoxy) is 2. The molecule has 8 nitrogen and oxygen atoms in total. The van der Waals surface area contributed by atoms with Crippen LogP contribution in [0.3, 0.4) is 0 Å². The van der Waals surface area contributed by atoms with Crippen LogP contribution < -0.4 is 5.32 Å². The minimum atomic E-state index is -2.69. The zero-order chi connectivity index (χ0) is 25.9. The van der Waals surface area contributed by atoms with Crippen LogP contribution in [0.25, 0.3) is 22.3 Å². The fourth-order valence-corrected chi connectivity index (χ4v) is 4.90. The Morgan fingerprint density at radius 3 is 2.69 bits per heavy atom. The molecule has 2 aliphatic rings. The van der Waals surface area contributed by atoms with Gasteiger partial charge in [-0.1, -0.05) is 11.6 Å². The predicted molar refractivity (Wildman–Crippen MR) is 128 cm³/mol. The second-order valence-corrected chi connectivity index (χ2v) is 10.5. The molecule has 0 saturated carbocycles. The minimum Gasteiger partial charge on any atom is -0.386 e. The van der Waals surface area contributed by atoms with Crippen molar-refractivity contribution in [2.75, 3.05) is 11.9 Å². The van der Waals surface area contributed by atoms with Gasteiger partial charge in [-0.15, -0.1) is 0 Å². The molecule has 0 radical (unpaired) electrons. The summed E-state index contributed by atoms with van der Waals surface area (Å²) >= 11 is 6.40. The van der Waals surface area contributed by atoms with Gasteiger partial charge in [-0.3, -0.25) is 0 Å². The van der Waals surface area contributed by atoms with Crippen molar-refractivity contribution in [3.63, 3.8) is 0 Å². The van der Waals surface area contributed by atoms with E-state index in [0.29, 0.717) is 24.1 Å². The van der Waals surface area contributed by atoms with Crippen LogP contribution in [0.4, 0.5) is 19.1 Å². The number of aromatic nitrogens is 4. The van der Waals surface area contributed by atoms with Crippen LogP contribution in [-0.4, -0.2) is 62.2 Å². The van der Waals surface area contributed by atoms with Gasteiger partial charge in [0.1, 0.15) is 17.4 Å². The third kappa shape index (κ3) is 4.21. The number of nitrogens with zero attached hydrogens (tertiary/aromatic N) is 4. The number of hydrogen-bond acceptors (Lipinski definition) is 7. The van der Waals surface area contributed by atoms with Crippen LogP contribution in [0.1, 0.15) is 46.0 Å². The smallest absolute Gasteiger partial charge is 0.250 e. The monoisotopic (exact) mass is 525 g/mol. The van der Waals surface area contributed by atoms with E-state index in [4.69, 9.17) is 21.1 Å². The number of imidazole rings is 1. The van der Waals surface area contributed by atoms with Crippen molar-refractivity contribution in [3.8, 4) is 11.3 Å². The molecule has 0 amide bonds. The summed E-state index contributed by atoms with van der Waals surface area (Å²) in [5.74, 6) is -0.386. The summed E-state index contributed by atoms with van der Waals surface area (Å²) in [7, 11) is 0. The number of aliphatic hydroxyl groups excluding tert-OH is 1. The fourth-order valence-electron chi connectivity index (χ4n) is 4.70. The number of fused-ring (bicyclic) bond motifs is 3. The van der Waals surface area contributed by atoms with Gasteiger partial charge >= 0.3 is 0 Å². The maximum absolute atomic E-state index is 15.3. The molecule has 0 spiro atoms. The number of rotatable bonds is 6. The molecule has 2 N–H and O–H groups in total. The third-order valence-electron chi connectivity index (χ3n) is 6.70. The highest BCUT2D eigenvalue weighted by Crippen LogP contribution is 2.38. The number of aliphatic hydroxyl groups is 1. The van der Waals surface area contributed by atoms with Gasteiger partial charge in [0, 0.05) is 11.6 Å². The molecule has 2 fully saturated rings. The Balaban J connectivity index is 1.56. The number of halogens is 4. The van der Waals surface area contributed by atoms with E-state index in [2.05, 4.69) is 20.3 Å². The van der Waals surface area contributed by atoms with E-state index in [9.17, 15) is 13.9 Å². The van der Waals surface area contributed by atoms with Crippen molar-refractivity contribution in [2.24, 2.45) is 0 Å². The Labute approximate surface area is 210 Å². The zero-order valence-corrected chi connectivity index (χ0v) is 20.9. The second kappa shape index (κ2) is 9.13. The van der Waals surface area contributed by atoms with Crippen molar-refractivity contribution in [1.82, 2.24) is 19.5 Å². The topological polar surface area (TPSA) is 94.3 Å². The van der Waals surface area contributed by atoms with E-state index < -0.39 is 36.1 Å². The molecule has 2 bridgehead atoms. The molecule has 2 aromatic heterocycles. The molecule has 2 aliphatic heterocycles. The first-order valence-corrected chi connectivity index (χ1v) is 12.1. The van der Waals surface area contributed by atoms with Crippen molar-refractivity contribution < 1.29 is 27.8 Å². The standard InChI is InChI=1S/C24H27ClF3N5O3/c1-10(2)33-16-6-11(5-14(26)18(16)31-22(33)24(3,4)21(27)28)17-13(25)8-29-23(32-17)30-15-7-12-9-35-20(36-12)19(15)34/h5-6,8,10,12,15,19-21,34H,7,9H2,1-4H3,(H,29,30,32)/t12-,15+,19-,20+/m0/s1. The van der Waals surface area contributed by atoms with Crippen LogP contribution in [0, 0.1) is 5.82 Å². The molecule has 5 rings (SSSR count). The van der Waals surface area contributed by atoms with Gasteiger partial charge < -0.3 is 24.5 Å². The molecule has 1 aromatic carbocycles. The van der Waals surface area contributed by atoms with Gasteiger partial charge in [0.05, 0.1) is 46.6 Å². The van der Waals surface area contributed by atoms with Gasteiger partial charge in [0.25, 0.3) is 6.43 Å². The first-order chi connectivity index (χ1) is 17.0. The molecule has 36 heavy (non-hydrogen) atoms. The van der Waals surface area contributed by atoms with Gasteiger partial charge in [-0.2, -0.15) is 0 Å². The molecule has 12 heteroatoms. The first-order valence-electron chi connectivity index (χ1n) is 11.7. The molecule has 4 atom stereocenters. The number of nitrogens with one attached hydrogen (secondary N) is 1. The normalized spacial score (nSPS) is 24.3. The lowest BCUT2D eigenvalue weighted by Gasteiger charge is -2.32. The molecule has 194 valence electrons. The van der Waals surface area contributed by atoms with Gasteiger partial charge in [-0.25, -0.2) is 28.1 Å². The highest BCUT2D eigenvalue weighted by molar-refractivity contribution is 6.33. The molecular formula is C24H27ClF3N5O3. The Kier molecular flexibility index (Phi) is 6.39. The fraction of sp³-hybridized carbons (Fsp3) is 0.542. The highest BCUT2D eigenvalue weighted by Gasteiger charge is 2.43. The molecule has 0 unspecified atom stereocenters. The Hall–Kier alpha value is -2.47. The number of alkyl halides is 2. The summed E-state index contributed by atoms with van der Waals surface area (Å²) < 4.78 is 55.6. The van der Waals surface area contributed by atoms with E-state index in [1.165, 1.54) is 26.1 Å². The van der Waals surface area contributed by atoms with Gasteiger partial charge in [-0.05, 0) is 46.2 Å². The molecule has 4 heterocycles. The van der Waals surface area contributed by atoms with Crippen LogP contribution in [0.15, 0.2) is 18.3 Å². The largest absolute Gasteiger partial charge is 0.386 e. The summed E-state index contributed by atoms with van der Waals surface area (Å²) in [5.41, 5.74) is -0.633. The summed E-state index contributed by atoms with van der Waals surface area (Å²) in [6.07, 6.45) is -2.58. The summed E-state index contributed by atoms with van der Waals surface area (Å²) in [6, 6.07) is 2.20. The van der Waals surface area contributed by atoms with Crippen LogP contribution in [0.2, 0.25) is 5.02 Å². The van der Waals surface area contributed by atoms with Crippen molar-refractivity contribution in [3.05, 3.63) is 35.0 Å². The third-order valence-corrected chi connectivity index (χ3v) is 6.98. The first kappa shape index (κ1) is 25.2. The van der Waals surface area contributed by atoms with Crippen LogP contribution in [0.5, 0.6) is 0 Å². The molecule has 2 saturated heterocycles. The van der Waals surface area contributed by atoms with Crippen molar-refractivity contribution in [2.45, 2.75) is 76.5 Å². The van der Waals surface area contributed by atoms with Gasteiger partial charge in [0.2, 0.25) is 5.95 Å². The Morgan fingerprint density at radius 1 is 1.25 bits per heavy atom. The average Bonchev–Trinajstić information content (AvgIpc) is 3.41. The van der Waals surface area contributed by atoms with E-state index >= 15 is 4.39 Å². The van der Waals surface area contributed by atoms with E-state index in [1.54, 1.807) is 10.6 Å². The lowest BCUT2D eigenvalue weighted by atomic mass is 9.92. The lowest BCUT2D eigenvalue weighted by molar-refractivity contribution is -0.156. The van der Waals surface area contributed by atoms with E-state index in [0.717, 1.165) is 0 Å². The molecule has 0 aliphatic carbocycles. The highest BCUT2D eigenvalue weighted by atomic mass is 35.5. The second-order valence-electron chi connectivity index (χ2n) is 10.1. The Bertz CT molecular complexity index is 1300. The summed E-state index contributed by atoms with van der Waals surface area (Å²) in [4.78, 5) is 13.0. The maximum Gasteiger partial charge on any atom is 0.250 e. The molecular weight excluding hydrogens is 499 g/mol. The average molecular weight is 526 g/mol. The lowest BCUT2D eigenvalue weighted by Crippen LogP contribution is -2.48. The summed E-state index contributed by atoms with van der Waals surface area (Å²) in [6.45, 7) is 6.83. The molecule has 3 aromatic rings. The minimum absolute atomic E-state index is 0.000468. The SMILES string of the molecule is CC(C)n1c(C(C)(C)C(F)F)nc2c(F)cc(-c3nc(N[C@@H]4C[C@H]5CO[C@H](O5)[C@H]4O)ncc3Cl)cc21. The zero-order valence-electron chi connectivity index (χ0n) is 20.2. The van der Waals surface area contributed by atoms with Gasteiger partial charge in [0.15, 0.2) is 12.1 Å². The van der Waals surface area contributed by atoms with Crippen LogP contribution >= 0.6 is 11.6 Å². The number of anilines is 1.